The average molecular weight is 170 g/mol. The van der Waals surface area contributed by atoms with Crippen LogP contribution in [0.15, 0.2) is 4.42 Å². The van der Waals surface area contributed by atoms with Crippen molar-refractivity contribution in [3.8, 4) is 0 Å². The first-order valence-electron chi connectivity index (χ1n) is 4.08. The lowest BCUT2D eigenvalue weighted by Gasteiger charge is -2.02. The smallest absolute Gasteiger partial charge is 0.346 e. The second kappa shape index (κ2) is 3.27. The van der Waals surface area contributed by atoms with Gasteiger partial charge in [-0.1, -0.05) is 0 Å². The molecule has 0 aromatic carbocycles. The van der Waals surface area contributed by atoms with E-state index >= 15 is 0 Å². The fourth-order valence-corrected chi connectivity index (χ4v) is 1.38. The second-order valence-electron chi connectivity index (χ2n) is 2.97. The van der Waals surface area contributed by atoms with Gasteiger partial charge in [0.1, 0.15) is 0 Å². The quantitative estimate of drug-likeness (QED) is 0.631. The fraction of sp³-hybridized carbons (Fsp3) is 0.667. The summed E-state index contributed by atoms with van der Waals surface area (Å²) < 4.78 is 12.7. The summed E-state index contributed by atoms with van der Waals surface area (Å²) in [5, 5.41) is 0. The SMILES string of the molecule is COC(C)[n+]1c(C)oc(C)c1C. The Kier molecular flexibility index (Phi) is 2.52. The van der Waals surface area contributed by atoms with Gasteiger partial charge in [-0.25, -0.2) is 0 Å². The van der Waals surface area contributed by atoms with Crippen LogP contribution in [0.5, 0.6) is 0 Å². The first kappa shape index (κ1) is 9.26. The van der Waals surface area contributed by atoms with Gasteiger partial charge in [-0.15, -0.1) is 4.57 Å². The predicted molar refractivity (Wildman–Crippen MR) is 44.8 cm³/mol. The Morgan fingerprint density at radius 3 is 2.25 bits per heavy atom. The zero-order valence-electron chi connectivity index (χ0n) is 8.34. The van der Waals surface area contributed by atoms with E-state index in [4.69, 9.17) is 9.15 Å². The molecule has 1 unspecified atom stereocenters. The molecule has 0 aliphatic rings. The lowest BCUT2D eigenvalue weighted by atomic mass is 10.4. The van der Waals surface area contributed by atoms with Crippen molar-refractivity contribution >= 4 is 0 Å². The summed E-state index contributed by atoms with van der Waals surface area (Å²) in [6, 6.07) is 0. The van der Waals surface area contributed by atoms with E-state index in [1.54, 1.807) is 7.11 Å². The van der Waals surface area contributed by atoms with Crippen LogP contribution >= 0.6 is 0 Å². The normalized spacial score (nSPS) is 13.4. The number of nitrogens with zero attached hydrogens (tertiary/aromatic N) is 1. The van der Waals surface area contributed by atoms with Crippen molar-refractivity contribution in [1.82, 2.24) is 0 Å². The van der Waals surface area contributed by atoms with Gasteiger partial charge in [-0.3, -0.25) is 0 Å². The predicted octanol–water partition coefficient (Wildman–Crippen LogP) is 1.66. The molecular formula is C9H16NO2+. The number of hydrogen-bond donors (Lipinski definition) is 0. The second-order valence-corrected chi connectivity index (χ2v) is 2.97. The van der Waals surface area contributed by atoms with E-state index < -0.39 is 0 Å². The van der Waals surface area contributed by atoms with Crippen molar-refractivity contribution in [1.29, 1.82) is 0 Å². The first-order chi connectivity index (χ1) is 5.57. The van der Waals surface area contributed by atoms with Crippen LogP contribution in [0.3, 0.4) is 0 Å². The third-order valence-electron chi connectivity index (χ3n) is 2.22. The Bertz CT molecular complexity index is 278. The summed E-state index contributed by atoms with van der Waals surface area (Å²) in [4.78, 5) is 0. The number of aromatic nitrogens is 1. The van der Waals surface area contributed by atoms with Crippen LogP contribution in [-0.2, 0) is 4.74 Å². The van der Waals surface area contributed by atoms with Crippen LogP contribution in [0.25, 0.3) is 0 Å². The number of hydrogen-bond acceptors (Lipinski definition) is 2. The zero-order chi connectivity index (χ0) is 9.30. The zero-order valence-corrected chi connectivity index (χ0v) is 8.34. The minimum Gasteiger partial charge on any atom is -0.407 e. The van der Waals surface area contributed by atoms with Crippen LogP contribution in [0, 0.1) is 20.8 Å². The largest absolute Gasteiger partial charge is 0.407 e. The van der Waals surface area contributed by atoms with Crippen molar-refractivity contribution in [2.45, 2.75) is 33.9 Å². The Labute approximate surface area is 73.0 Å². The molecule has 1 aromatic rings. The summed E-state index contributed by atoms with van der Waals surface area (Å²) in [6.45, 7) is 7.92. The van der Waals surface area contributed by atoms with Gasteiger partial charge in [0.15, 0.2) is 5.76 Å². The number of rotatable bonds is 2. The van der Waals surface area contributed by atoms with E-state index in [1.807, 2.05) is 32.3 Å². The van der Waals surface area contributed by atoms with E-state index in [-0.39, 0.29) is 6.23 Å². The van der Waals surface area contributed by atoms with E-state index in [2.05, 4.69) is 0 Å². The maximum Gasteiger partial charge on any atom is 0.346 e. The highest BCUT2D eigenvalue weighted by molar-refractivity contribution is 4.96. The molecule has 0 saturated carbocycles. The van der Waals surface area contributed by atoms with Gasteiger partial charge in [0.05, 0.1) is 6.92 Å². The number of ether oxygens (including phenoxy) is 1. The van der Waals surface area contributed by atoms with Crippen molar-refractivity contribution in [3.05, 3.63) is 17.3 Å². The molecule has 0 aliphatic carbocycles. The standard InChI is InChI=1S/C9H16NO2/c1-6-7(2)12-9(4)10(6)8(3)11-5/h8H,1-5H3/q+1. The maximum atomic E-state index is 5.45. The van der Waals surface area contributed by atoms with E-state index in [0.717, 1.165) is 17.3 Å². The molecule has 1 rings (SSSR count). The van der Waals surface area contributed by atoms with Gasteiger partial charge in [-0.05, 0) is 0 Å². The minimum absolute atomic E-state index is 0.0439. The highest BCUT2D eigenvalue weighted by Crippen LogP contribution is 2.09. The summed E-state index contributed by atoms with van der Waals surface area (Å²) in [5.74, 6) is 1.84. The third-order valence-corrected chi connectivity index (χ3v) is 2.22. The molecule has 0 bridgehead atoms. The summed E-state index contributed by atoms with van der Waals surface area (Å²) in [6.07, 6.45) is 0.0439. The van der Waals surface area contributed by atoms with Crippen LogP contribution < -0.4 is 4.57 Å². The number of oxazole rings is 1. The van der Waals surface area contributed by atoms with Crippen molar-refractivity contribution in [2.24, 2.45) is 0 Å². The molecule has 0 amide bonds. The first-order valence-corrected chi connectivity index (χ1v) is 4.08. The monoisotopic (exact) mass is 170 g/mol. The summed E-state index contributed by atoms with van der Waals surface area (Å²) >= 11 is 0. The van der Waals surface area contributed by atoms with Crippen molar-refractivity contribution in [2.75, 3.05) is 7.11 Å². The molecule has 0 fully saturated rings. The number of aryl methyl sites for hydroxylation is 2. The Morgan fingerprint density at radius 2 is 1.92 bits per heavy atom. The Balaban J connectivity index is 3.13. The van der Waals surface area contributed by atoms with Gasteiger partial charge in [0.2, 0.25) is 5.69 Å². The molecule has 12 heavy (non-hydrogen) atoms. The molecule has 1 heterocycles. The maximum absolute atomic E-state index is 5.45. The summed E-state index contributed by atoms with van der Waals surface area (Å²) in [5.41, 5.74) is 1.13. The molecule has 1 atom stereocenters. The lowest BCUT2D eigenvalue weighted by molar-refractivity contribution is -0.769. The van der Waals surface area contributed by atoms with Crippen LogP contribution in [-0.4, -0.2) is 7.11 Å². The highest BCUT2D eigenvalue weighted by atomic mass is 16.5. The molecule has 3 heteroatoms. The lowest BCUT2D eigenvalue weighted by Crippen LogP contribution is -2.42. The molecule has 0 saturated heterocycles. The fourth-order valence-electron chi connectivity index (χ4n) is 1.38. The minimum atomic E-state index is 0.0439. The molecule has 0 aliphatic heterocycles. The third kappa shape index (κ3) is 1.37. The molecule has 68 valence electrons. The van der Waals surface area contributed by atoms with Crippen molar-refractivity contribution < 1.29 is 13.7 Å². The molecule has 3 nitrogen and oxygen atoms in total. The number of methoxy groups -OCH3 is 1. The van der Waals surface area contributed by atoms with Crippen LogP contribution in [0.2, 0.25) is 0 Å². The van der Waals surface area contributed by atoms with Gasteiger partial charge in [0, 0.05) is 27.9 Å². The Hall–Kier alpha value is -0.830. The van der Waals surface area contributed by atoms with E-state index in [9.17, 15) is 0 Å². The highest BCUT2D eigenvalue weighted by Gasteiger charge is 2.24. The van der Waals surface area contributed by atoms with E-state index in [0.29, 0.717) is 0 Å². The van der Waals surface area contributed by atoms with Gasteiger partial charge >= 0.3 is 5.89 Å². The van der Waals surface area contributed by atoms with E-state index in [1.165, 1.54) is 0 Å². The average Bonchev–Trinajstić information content (AvgIpc) is 2.26. The van der Waals surface area contributed by atoms with Gasteiger partial charge in [-0.2, -0.15) is 0 Å². The Morgan fingerprint density at radius 1 is 1.33 bits per heavy atom. The topological polar surface area (TPSA) is 26.2 Å². The van der Waals surface area contributed by atoms with Gasteiger partial charge in [0.25, 0.3) is 6.23 Å². The summed E-state index contributed by atoms with van der Waals surface area (Å²) in [7, 11) is 1.69. The molecule has 0 spiro atoms. The molecular weight excluding hydrogens is 154 g/mol. The molecule has 1 aromatic heterocycles. The van der Waals surface area contributed by atoms with Crippen LogP contribution in [0.4, 0.5) is 0 Å². The molecule has 0 N–H and O–H groups in total. The van der Waals surface area contributed by atoms with Crippen molar-refractivity contribution in [3.63, 3.8) is 0 Å². The van der Waals surface area contributed by atoms with Crippen LogP contribution in [0.1, 0.15) is 30.5 Å². The molecule has 0 radical (unpaired) electrons. The van der Waals surface area contributed by atoms with Gasteiger partial charge < -0.3 is 9.15 Å².